The first kappa shape index (κ1) is 13.7. The molecule has 0 aliphatic carbocycles. The molecule has 0 aliphatic heterocycles. The maximum Gasteiger partial charge on any atom is 0.126 e. The van der Waals surface area contributed by atoms with Crippen LogP contribution in [0.2, 0.25) is 0 Å². The van der Waals surface area contributed by atoms with E-state index < -0.39 is 0 Å². The highest BCUT2D eigenvalue weighted by Crippen LogP contribution is 2.22. The second-order valence-electron chi connectivity index (χ2n) is 4.70. The van der Waals surface area contributed by atoms with E-state index >= 15 is 0 Å². The molecule has 0 bridgehead atoms. The number of pyridine rings is 1. The van der Waals surface area contributed by atoms with Crippen molar-refractivity contribution in [2.24, 2.45) is 0 Å². The van der Waals surface area contributed by atoms with Crippen molar-refractivity contribution in [3.05, 3.63) is 64.7 Å². The number of nitrogens with zero attached hydrogens (tertiary/aromatic N) is 1. The summed E-state index contributed by atoms with van der Waals surface area (Å²) in [5, 5.41) is 3.36. The fourth-order valence-corrected chi connectivity index (χ4v) is 2.11. The van der Waals surface area contributed by atoms with E-state index in [1.807, 2.05) is 44.2 Å². The van der Waals surface area contributed by atoms with E-state index in [0.29, 0.717) is 5.56 Å². The molecule has 3 heteroatoms. The minimum absolute atomic E-state index is 0.0694. The van der Waals surface area contributed by atoms with Crippen molar-refractivity contribution in [2.45, 2.75) is 26.8 Å². The van der Waals surface area contributed by atoms with Crippen molar-refractivity contribution in [3.63, 3.8) is 0 Å². The van der Waals surface area contributed by atoms with Gasteiger partial charge in [-0.2, -0.15) is 0 Å². The topological polar surface area (TPSA) is 24.9 Å². The summed E-state index contributed by atoms with van der Waals surface area (Å²) in [7, 11) is 0. The Morgan fingerprint density at radius 2 is 2.00 bits per heavy atom. The second kappa shape index (κ2) is 5.93. The lowest BCUT2D eigenvalue weighted by Gasteiger charge is -2.18. The van der Waals surface area contributed by atoms with Gasteiger partial charge in [-0.25, -0.2) is 4.39 Å². The molecule has 0 saturated heterocycles. The molecule has 1 N–H and O–H groups in total. The van der Waals surface area contributed by atoms with E-state index in [2.05, 4.69) is 10.3 Å². The number of hydrogen-bond donors (Lipinski definition) is 1. The number of hydrogen-bond acceptors (Lipinski definition) is 2. The van der Waals surface area contributed by atoms with Gasteiger partial charge in [-0.3, -0.25) is 4.98 Å². The molecule has 0 aliphatic rings. The molecule has 1 aromatic heterocycles. The molecule has 0 radical (unpaired) electrons. The lowest BCUT2D eigenvalue weighted by atomic mass is 10.0. The molecule has 1 aromatic carbocycles. The molecular formula is C16H19FN2. The van der Waals surface area contributed by atoms with Crippen LogP contribution in [0.1, 0.15) is 35.5 Å². The highest BCUT2D eigenvalue weighted by molar-refractivity contribution is 5.31. The van der Waals surface area contributed by atoms with Gasteiger partial charge in [0.2, 0.25) is 0 Å². The molecule has 0 saturated carbocycles. The zero-order valence-corrected chi connectivity index (χ0v) is 11.6. The summed E-state index contributed by atoms with van der Waals surface area (Å²) >= 11 is 0. The maximum atomic E-state index is 13.7. The van der Waals surface area contributed by atoms with Crippen LogP contribution in [0.4, 0.5) is 4.39 Å². The van der Waals surface area contributed by atoms with Crippen LogP contribution in [0.15, 0.2) is 36.4 Å². The van der Waals surface area contributed by atoms with Crippen LogP contribution in [-0.2, 0) is 0 Å². The summed E-state index contributed by atoms with van der Waals surface area (Å²) in [6, 6.07) is 11.2. The number of rotatable bonds is 4. The van der Waals surface area contributed by atoms with Gasteiger partial charge in [0.15, 0.2) is 0 Å². The van der Waals surface area contributed by atoms with Gasteiger partial charge < -0.3 is 5.32 Å². The smallest absolute Gasteiger partial charge is 0.126 e. The van der Waals surface area contributed by atoms with E-state index in [1.165, 1.54) is 0 Å². The van der Waals surface area contributed by atoms with Crippen LogP contribution in [0.3, 0.4) is 0 Å². The zero-order chi connectivity index (χ0) is 13.8. The van der Waals surface area contributed by atoms with Crippen LogP contribution >= 0.6 is 0 Å². The molecule has 0 amide bonds. The van der Waals surface area contributed by atoms with E-state index in [0.717, 1.165) is 23.5 Å². The second-order valence-corrected chi connectivity index (χ2v) is 4.70. The Bertz CT molecular complexity index is 566. The molecule has 1 unspecified atom stereocenters. The predicted molar refractivity (Wildman–Crippen MR) is 75.6 cm³/mol. The summed E-state index contributed by atoms with van der Waals surface area (Å²) < 4.78 is 13.7. The number of nitrogens with one attached hydrogen (secondary N) is 1. The summed E-state index contributed by atoms with van der Waals surface area (Å²) in [6.45, 7) is 6.57. The first-order chi connectivity index (χ1) is 9.11. The molecule has 2 nitrogen and oxygen atoms in total. The van der Waals surface area contributed by atoms with Gasteiger partial charge in [-0.05, 0) is 49.7 Å². The fraction of sp³-hybridized carbons (Fsp3) is 0.312. The Kier molecular flexibility index (Phi) is 4.27. The van der Waals surface area contributed by atoms with E-state index in [9.17, 15) is 4.39 Å². The molecule has 1 atom stereocenters. The van der Waals surface area contributed by atoms with E-state index in [-0.39, 0.29) is 11.9 Å². The number of benzene rings is 1. The minimum Gasteiger partial charge on any atom is -0.305 e. The lowest BCUT2D eigenvalue weighted by molar-refractivity contribution is 0.590. The summed E-state index contributed by atoms with van der Waals surface area (Å²) in [4.78, 5) is 4.54. The number of aromatic nitrogens is 1. The first-order valence-corrected chi connectivity index (χ1v) is 6.54. The van der Waals surface area contributed by atoms with Crippen molar-refractivity contribution >= 4 is 0 Å². The van der Waals surface area contributed by atoms with Crippen molar-refractivity contribution in [1.82, 2.24) is 10.3 Å². The summed E-state index contributed by atoms with van der Waals surface area (Å²) in [6.07, 6.45) is 0. The van der Waals surface area contributed by atoms with Crippen LogP contribution in [0.5, 0.6) is 0 Å². The Balaban J connectivity index is 2.42. The maximum absolute atomic E-state index is 13.7. The van der Waals surface area contributed by atoms with Crippen LogP contribution in [0.25, 0.3) is 0 Å². The van der Waals surface area contributed by atoms with Crippen molar-refractivity contribution in [2.75, 3.05) is 6.54 Å². The van der Waals surface area contributed by atoms with Gasteiger partial charge >= 0.3 is 0 Å². The quantitative estimate of drug-likeness (QED) is 0.907. The minimum atomic E-state index is -0.173. The zero-order valence-electron chi connectivity index (χ0n) is 11.6. The molecule has 19 heavy (non-hydrogen) atoms. The normalized spacial score (nSPS) is 12.4. The van der Waals surface area contributed by atoms with Gasteiger partial charge in [-0.15, -0.1) is 0 Å². The molecule has 100 valence electrons. The average Bonchev–Trinajstić information content (AvgIpc) is 2.39. The van der Waals surface area contributed by atoms with Gasteiger partial charge in [0.05, 0.1) is 11.7 Å². The lowest BCUT2D eigenvalue weighted by Crippen LogP contribution is -2.23. The van der Waals surface area contributed by atoms with Crippen LogP contribution in [0, 0.1) is 19.7 Å². The van der Waals surface area contributed by atoms with Crippen LogP contribution < -0.4 is 5.32 Å². The highest BCUT2D eigenvalue weighted by Gasteiger charge is 2.15. The van der Waals surface area contributed by atoms with Gasteiger partial charge in [-0.1, -0.05) is 25.1 Å². The third-order valence-electron chi connectivity index (χ3n) is 3.14. The molecule has 2 rings (SSSR count). The van der Waals surface area contributed by atoms with Crippen molar-refractivity contribution in [1.29, 1.82) is 0 Å². The van der Waals surface area contributed by atoms with Gasteiger partial charge in [0, 0.05) is 5.69 Å². The Labute approximate surface area is 113 Å². The molecule has 0 spiro atoms. The Hall–Kier alpha value is -1.74. The summed E-state index contributed by atoms with van der Waals surface area (Å²) in [5.41, 5.74) is 3.46. The SMILES string of the molecule is CCNC(c1ccc(C)c(F)c1)c1cccc(C)n1. The standard InChI is InChI=1S/C16H19FN2/c1-4-18-16(15-7-5-6-12(3)19-15)13-9-8-11(2)14(17)10-13/h5-10,16,18H,4H2,1-3H3. The highest BCUT2D eigenvalue weighted by atomic mass is 19.1. The molecular weight excluding hydrogens is 239 g/mol. The number of halogens is 1. The Morgan fingerprint density at radius 3 is 2.63 bits per heavy atom. The third-order valence-corrected chi connectivity index (χ3v) is 3.14. The third kappa shape index (κ3) is 3.18. The molecule has 2 aromatic rings. The van der Waals surface area contributed by atoms with E-state index in [1.54, 1.807) is 13.0 Å². The predicted octanol–water partition coefficient (Wildman–Crippen LogP) is 3.54. The van der Waals surface area contributed by atoms with Gasteiger partial charge in [0.1, 0.15) is 5.82 Å². The Morgan fingerprint density at radius 1 is 1.21 bits per heavy atom. The number of aryl methyl sites for hydroxylation is 2. The first-order valence-electron chi connectivity index (χ1n) is 6.54. The van der Waals surface area contributed by atoms with Crippen LogP contribution in [-0.4, -0.2) is 11.5 Å². The van der Waals surface area contributed by atoms with Crippen molar-refractivity contribution in [3.8, 4) is 0 Å². The summed E-state index contributed by atoms with van der Waals surface area (Å²) in [5.74, 6) is -0.173. The fourth-order valence-electron chi connectivity index (χ4n) is 2.11. The largest absolute Gasteiger partial charge is 0.305 e. The molecule has 1 heterocycles. The average molecular weight is 258 g/mol. The van der Waals surface area contributed by atoms with E-state index in [4.69, 9.17) is 0 Å². The monoisotopic (exact) mass is 258 g/mol. The van der Waals surface area contributed by atoms with Gasteiger partial charge in [0.25, 0.3) is 0 Å². The van der Waals surface area contributed by atoms with Crippen molar-refractivity contribution < 1.29 is 4.39 Å². The molecule has 0 fully saturated rings.